The summed E-state index contributed by atoms with van der Waals surface area (Å²) < 4.78 is 0. The molecule has 0 rings (SSSR count). The van der Waals surface area contributed by atoms with Crippen LogP contribution < -0.4 is 0 Å². The Morgan fingerprint density at radius 2 is 0.673 bits per heavy atom. The minimum absolute atomic E-state index is 0. The van der Waals surface area contributed by atoms with Crippen molar-refractivity contribution in [2.75, 3.05) is 26.2 Å². The van der Waals surface area contributed by atoms with Gasteiger partial charge in [0, 0.05) is 26.2 Å². The number of hydrogen-bond donors (Lipinski definition) is 7. The molecule has 4 atom stereocenters. The minimum atomic E-state index is -2.37. The average Bonchev–Trinajstić information content (AvgIpc) is 3.06. The topological polar surface area (TPSA) is 216 Å². The Kier molecular flexibility index (Phi) is 31.9. The molecule has 0 aliphatic heterocycles. The molecule has 0 radical (unpaired) electrons. The number of aliphatic carboxylic acids is 2. The van der Waals surface area contributed by atoms with Crippen LogP contribution in [0, 0.1) is 0 Å². The van der Waals surface area contributed by atoms with E-state index in [0.29, 0.717) is 12.8 Å². The van der Waals surface area contributed by atoms with Crippen LogP contribution in [-0.4, -0.2) is 156 Å². The number of hydrogen-bond acceptors (Lipinski definition) is 9. The first-order chi connectivity index (χ1) is 22.9. The molecular weight excluding hydrogens is 647 g/mol. The van der Waals surface area contributed by atoms with Gasteiger partial charge in [-0.05, 0) is 12.8 Å². The third kappa shape index (κ3) is 23.7. The summed E-state index contributed by atoms with van der Waals surface area (Å²) in [7, 11) is 0. The van der Waals surface area contributed by atoms with Crippen LogP contribution in [0.1, 0.15) is 142 Å². The maximum absolute atomic E-state index is 13.0. The first-order valence-corrected chi connectivity index (χ1v) is 18.3. The number of carbonyl (C=O) groups is 4. The standard InChI is InChI=1S/C35H66N2O11.Na.H/c1-3-5-7-9-11-13-15-17-19-21-23-36(32(43)28(39)30(41)34(45)46)25-27(38)26-37(33(44)29(40)31(42)35(47)48)24-22-20-18-16-14-12-10-8-6-4-2;;/h27-31,38-42H,3-26H2,1-2H3,(H,45,46)(H,47,48);;. The number of carboxylic acids is 2. The van der Waals surface area contributed by atoms with Gasteiger partial charge in [0.1, 0.15) is 0 Å². The van der Waals surface area contributed by atoms with Crippen molar-refractivity contribution in [3.05, 3.63) is 0 Å². The van der Waals surface area contributed by atoms with Crippen molar-refractivity contribution in [2.24, 2.45) is 0 Å². The monoisotopic (exact) mass is 714 g/mol. The molecule has 0 aliphatic rings. The van der Waals surface area contributed by atoms with Gasteiger partial charge in [-0.3, -0.25) is 9.59 Å². The van der Waals surface area contributed by atoms with Crippen LogP contribution in [0.25, 0.3) is 0 Å². The molecule has 2 amide bonds. The van der Waals surface area contributed by atoms with Crippen LogP contribution in [0.4, 0.5) is 0 Å². The van der Waals surface area contributed by atoms with Gasteiger partial charge in [0.2, 0.25) is 0 Å². The van der Waals surface area contributed by atoms with E-state index in [9.17, 15) is 44.7 Å². The Hall–Kier alpha value is -1.32. The fourth-order valence-electron chi connectivity index (χ4n) is 5.64. The van der Waals surface area contributed by atoms with Gasteiger partial charge in [-0.15, -0.1) is 0 Å². The van der Waals surface area contributed by atoms with Crippen LogP contribution in [0.3, 0.4) is 0 Å². The maximum atomic E-state index is 13.0. The summed E-state index contributed by atoms with van der Waals surface area (Å²) >= 11 is 0. The molecule has 0 spiro atoms. The summed E-state index contributed by atoms with van der Waals surface area (Å²) in [5.74, 6) is -5.74. The number of aliphatic hydroxyl groups is 5. The summed E-state index contributed by atoms with van der Waals surface area (Å²) in [6, 6.07) is 0. The third-order valence-corrected chi connectivity index (χ3v) is 8.66. The Morgan fingerprint density at radius 3 is 0.918 bits per heavy atom. The Bertz CT molecular complexity index is 815. The zero-order chi connectivity index (χ0) is 36.3. The summed E-state index contributed by atoms with van der Waals surface area (Å²) in [4.78, 5) is 50.5. The molecule has 0 aromatic heterocycles. The number of carbonyl (C=O) groups excluding carboxylic acids is 2. The van der Waals surface area contributed by atoms with Crippen molar-refractivity contribution >= 4 is 53.3 Å². The van der Waals surface area contributed by atoms with Crippen LogP contribution in [-0.2, 0) is 19.2 Å². The van der Waals surface area contributed by atoms with Crippen molar-refractivity contribution < 1.29 is 54.9 Å². The van der Waals surface area contributed by atoms with Gasteiger partial charge in [-0.25, -0.2) is 9.59 Å². The van der Waals surface area contributed by atoms with Crippen molar-refractivity contribution in [1.29, 1.82) is 0 Å². The number of amides is 2. The van der Waals surface area contributed by atoms with Crippen molar-refractivity contribution in [1.82, 2.24) is 9.80 Å². The van der Waals surface area contributed by atoms with Gasteiger partial charge in [0.05, 0.1) is 6.10 Å². The summed E-state index contributed by atoms with van der Waals surface area (Å²) in [5.41, 5.74) is 0. The molecule has 49 heavy (non-hydrogen) atoms. The zero-order valence-electron chi connectivity index (χ0n) is 29.5. The van der Waals surface area contributed by atoms with Crippen molar-refractivity contribution in [3.8, 4) is 0 Å². The van der Waals surface area contributed by atoms with E-state index in [1.807, 2.05) is 0 Å². The number of rotatable bonds is 32. The molecule has 4 unspecified atom stereocenters. The van der Waals surface area contributed by atoms with Gasteiger partial charge in [0.15, 0.2) is 24.4 Å². The van der Waals surface area contributed by atoms with E-state index < -0.39 is 67.4 Å². The zero-order valence-corrected chi connectivity index (χ0v) is 29.5. The Labute approximate surface area is 315 Å². The van der Waals surface area contributed by atoms with Crippen LogP contribution >= 0.6 is 0 Å². The number of carboxylic acid groups (broad SMARTS) is 2. The molecule has 0 fully saturated rings. The van der Waals surface area contributed by atoms with Crippen molar-refractivity contribution in [2.45, 2.75) is 173 Å². The molecule has 284 valence electrons. The van der Waals surface area contributed by atoms with Gasteiger partial charge >= 0.3 is 41.5 Å². The molecule has 0 heterocycles. The second kappa shape index (κ2) is 31.4. The number of aliphatic hydroxyl groups excluding tert-OH is 5. The van der Waals surface area contributed by atoms with E-state index in [0.717, 1.165) is 74.0 Å². The molecule has 0 bridgehead atoms. The summed E-state index contributed by atoms with van der Waals surface area (Å²) in [6.07, 6.45) is 9.81. The van der Waals surface area contributed by atoms with Gasteiger partial charge < -0.3 is 45.5 Å². The second-order valence-electron chi connectivity index (χ2n) is 13.0. The average molecular weight is 715 g/mol. The predicted octanol–water partition coefficient (Wildman–Crippen LogP) is 2.81. The van der Waals surface area contributed by atoms with Crippen LogP contribution in [0.2, 0.25) is 0 Å². The second-order valence-corrected chi connectivity index (χ2v) is 13.0. The first kappa shape index (κ1) is 49.8. The van der Waals surface area contributed by atoms with E-state index >= 15 is 0 Å². The van der Waals surface area contributed by atoms with E-state index in [1.165, 1.54) is 51.4 Å². The molecule has 14 heteroatoms. The van der Waals surface area contributed by atoms with Crippen LogP contribution in [0.5, 0.6) is 0 Å². The molecule has 0 saturated heterocycles. The van der Waals surface area contributed by atoms with E-state index in [4.69, 9.17) is 10.2 Å². The molecule has 7 N–H and O–H groups in total. The van der Waals surface area contributed by atoms with E-state index in [1.54, 1.807) is 0 Å². The van der Waals surface area contributed by atoms with Gasteiger partial charge in [0.25, 0.3) is 11.8 Å². The van der Waals surface area contributed by atoms with Gasteiger partial charge in [-0.1, -0.05) is 129 Å². The summed E-state index contributed by atoms with van der Waals surface area (Å²) in [6.45, 7) is 3.62. The van der Waals surface area contributed by atoms with Gasteiger partial charge in [-0.2, -0.15) is 0 Å². The SMILES string of the molecule is CCCCCCCCCCCCN(CC(O)CN(CCCCCCCCCCCC)C(=O)C(O)C(O)C(=O)O)C(=O)C(O)C(O)C(=O)O.[NaH]. The third-order valence-electron chi connectivity index (χ3n) is 8.66. The normalized spacial score (nSPS) is 14.3. The fraction of sp³-hybridized carbons (Fsp3) is 0.886. The Balaban J connectivity index is 0. The van der Waals surface area contributed by atoms with Crippen LogP contribution in [0.15, 0.2) is 0 Å². The molecule has 0 aliphatic carbocycles. The predicted molar refractivity (Wildman–Crippen MR) is 189 cm³/mol. The Morgan fingerprint density at radius 1 is 0.429 bits per heavy atom. The molecule has 0 aromatic carbocycles. The first-order valence-electron chi connectivity index (χ1n) is 18.3. The molecule has 0 saturated carbocycles. The summed E-state index contributed by atoms with van der Waals surface area (Å²) in [5, 5.41) is 69.1. The molecule has 0 aromatic rings. The molecular formula is C35H67N2NaO11. The van der Waals surface area contributed by atoms with Crippen molar-refractivity contribution in [3.63, 3.8) is 0 Å². The van der Waals surface area contributed by atoms with E-state index in [2.05, 4.69) is 13.8 Å². The molecule has 13 nitrogen and oxygen atoms in total. The number of unbranched alkanes of at least 4 members (excludes halogenated alkanes) is 18. The quantitative estimate of drug-likeness (QED) is 0.0397. The number of nitrogens with zero attached hydrogens (tertiary/aromatic N) is 2. The fourth-order valence-corrected chi connectivity index (χ4v) is 5.64. The van der Waals surface area contributed by atoms with E-state index in [-0.39, 0.29) is 42.6 Å².